The Hall–Kier alpha value is -6.52. The van der Waals surface area contributed by atoms with E-state index in [1.54, 1.807) is 32.6 Å². The Labute approximate surface area is 645 Å². The van der Waals surface area contributed by atoms with Crippen LogP contribution in [0.25, 0.3) is 0 Å². The summed E-state index contributed by atoms with van der Waals surface area (Å²) in [6.07, 6.45) is 10.4. The van der Waals surface area contributed by atoms with Crippen LogP contribution in [0.1, 0.15) is 238 Å². The summed E-state index contributed by atoms with van der Waals surface area (Å²) in [4.78, 5) is 190. The van der Waals surface area contributed by atoms with Gasteiger partial charge in [0, 0.05) is 81.6 Å². The number of rotatable bonds is 23. The zero-order chi connectivity index (χ0) is 81.0. The van der Waals surface area contributed by atoms with E-state index < -0.39 is 155 Å². The minimum absolute atomic E-state index is 0.00951. The van der Waals surface area contributed by atoms with Crippen molar-refractivity contribution in [2.45, 2.75) is 310 Å². The van der Waals surface area contributed by atoms with Crippen molar-refractivity contribution >= 4 is 70.9 Å². The molecule has 0 aromatic carbocycles. The van der Waals surface area contributed by atoms with Gasteiger partial charge in [0.2, 0.25) is 70.9 Å². The summed E-state index contributed by atoms with van der Waals surface area (Å²) in [5.41, 5.74) is -1.15. The number of ether oxygens (including phenoxy) is 2. The summed E-state index contributed by atoms with van der Waals surface area (Å²) in [7, 11) is 8.71. The van der Waals surface area contributed by atoms with E-state index in [0.717, 1.165) is 80.4 Å². The van der Waals surface area contributed by atoms with Crippen LogP contribution in [0.5, 0.6) is 0 Å². The Morgan fingerprint density at radius 2 is 0.917 bits per heavy atom. The number of nitrogens with zero attached hydrogens (tertiary/aromatic N) is 7. The van der Waals surface area contributed by atoms with Gasteiger partial charge in [-0.2, -0.15) is 0 Å². The van der Waals surface area contributed by atoms with Gasteiger partial charge in [-0.15, -0.1) is 0 Å². The third kappa shape index (κ3) is 30.3. The molecule has 0 unspecified atom stereocenters. The molecule has 0 aromatic rings. The van der Waals surface area contributed by atoms with E-state index in [4.69, 9.17) is 9.47 Å². The van der Waals surface area contributed by atoms with Gasteiger partial charge in [-0.25, -0.2) is 0 Å². The lowest BCUT2D eigenvalue weighted by molar-refractivity contribution is -0.152. The highest BCUT2D eigenvalue weighted by molar-refractivity contribution is 6.00. The Balaban J connectivity index is 1.96. The quantitative estimate of drug-likeness (QED) is 0.0616. The number of likely N-dealkylation sites (tertiary alicyclic amines) is 1. The van der Waals surface area contributed by atoms with E-state index in [2.05, 4.69) is 26.6 Å². The molecule has 11 atom stereocenters. The topological polar surface area (TPSA) is 347 Å². The number of likely N-dealkylation sites (N-methyl/N-ethyl adjacent to an activating group) is 5. The molecule has 4 fully saturated rings. The van der Waals surface area contributed by atoms with Crippen molar-refractivity contribution in [1.82, 2.24) is 60.9 Å². The smallest absolute Gasteiger partial charge is 0.248 e. The summed E-state index contributed by atoms with van der Waals surface area (Å²) >= 11 is 0. The third-order valence-electron chi connectivity index (χ3n) is 22.0. The number of piperidine rings is 1. The predicted octanol–water partition coefficient (Wildman–Crippen LogP) is 5.56. The molecule has 4 aliphatic rings. The average Bonchev–Trinajstić information content (AvgIpc) is 0.804. The van der Waals surface area contributed by atoms with Crippen LogP contribution in [0.4, 0.5) is 0 Å². The minimum Gasteiger partial charge on any atom is -0.391 e. The Morgan fingerprint density at radius 3 is 1.44 bits per heavy atom. The van der Waals surface area contributed by atoms with E-state index >= 15 is 43.2 Å². The van der Waals surface area contributed by atoms with E-state index in [-0.39, 0.29) is 120 Å². The van der Waals surface area contributed by atoms with E-state index in [9.17, 15) is 24.6 Å². The van der Waals surface area contributed by atoms with Crippen LogP contribution in [-0.4, -0.2) is 276 Å². The molecule has 7 N–H and O–H groups in total. The van der Waals surface area contributed by atoms with Crippen molar-refractivity contribution in [3.8, 4) is 0 Å². The molecule has 28 nitrogen and oxygen atoms in total. The molecular weight excluding hydrogens is 1380 g/mol. The fourth-order valence-electron chi connectivity index (χ4n) is 15.2. The van der Waals surface area contributed by atoms with Gasteiger partial charge < -0.3 is 80.6 Å². The van der Waals surface area contributed by atoms with Crippen molar-refractivity contribution in [2.75, 3.05) is 88.3 Å². The summed E-state index contributed by atoms with van der Waals surface area (Å²) in [6, 6.07) is -13.4. The van der Waals surface area contributed by atoms with Gasteiger partial charge in [0.25, 0.3) is 0 Å². The Kier molecular flexibility index (Phi) is 39.7. The second-order valence-corrected chi connectivity index (χ2v) is 34.3. The lowest BCUT2D eigenvalue weighted by Crippen LogP contribution is -2.63. The second kappa shape index (κ2) is 45.7. The van der Waals surface area contributed by atoms with Crippen molar-refractivity contribution in [2.24, 2.45) is 41.4 Å². The molecule has 2 saturated carbocycles. The maximum Gasteiger partial charge on any atom is 0.248 e. The zero-order valence-corrected chi connectivity index (χ0v) is 69.3. The van der Waals surface area contributed by atoms with Crippen LogP contribution in [0.2, 0.25) is 0 Å². The average molecular weight is 1530 g/mol. The van der Waals surface area contributed by atoms with Gasteiger partial charge in [-0.3, -0.25) is 57.5 Å². The highest BCUT2D eigenvalue weighted by Crippen LogP contribution is 2.31. The lowest BCUT2D eigenvalue weighted by Gasteiger charge is -2.38. The third-order valence-corrected chi connectivity index (χ3v) is 22.0. The highest BCUT2D eigenvalue weighted by Gasteiger charge is 2.45. The molecule has 0 radical (unpaired) electrons. The van der Waals surface area contributed by atoms with Crippen molar-refractivity contribution in [1.29, 1.82) is 0 Å². The van der Waals surface area contributed by atoms with Crippen LogP contribution in [0.3, 0.4) is 0 Å². The van der Waals surface area contributed by atoms with Crippen molar-refractivity contribution in [3.05, 3.63) is 0 Å². The van der Waals surface area contributed by atoms with Crippen LogP contribution < -0.4 is 26.6 Å². The molecule has 2 aliphatic heterocycles. The lowest BCUT2D eigenvalue weighted by atomic mass is 9.83. The molecule has 12 amide bonds. The van der Waals surface area contributed by atoms with E-state index in [0.29, 0.717) is 32.4 Å². The van der Waals surface area contributed by atoms with Crippen LogP contribution >= 0.6 is 0 Å². The first-order chi connectivity index (χ1) is 50.6. The largest absolute Gasteiger partial charge is 0.391 e. The van der Waals surface area contributed by atoms with Crippen LogP contribution in [-0.2, 0) is 67.0 Å². The number of carbonyl (C=O) groups excluding carboxylic acids is 12. The zero-order valence-electron chi connectivity index (χ0n) is 69.3. The standard InChI is InChI=1S/C80H142N12O16/c1-50(2)35-40-107-48-61-76(102)91(19)69(54(9)10)74(100)85-68(55(11)93)79(105)90(18)65(44-53(7)8)78(104)89(17)63(43-52(5)6)72(98)82-59(77(103)92-38-27-22-28-39-92)47-67(95)86(14)37-29-34-66(94)87(15)62(42-51(3)4)71(97)84-60(49-108-41-36-80(12,13)106)75(101)88(16)64(46-57-32-25-21-26-33-57)73(99)81-58(70(96)83-61)45-56-30-23-20-24-31-56/h50-65,68-69,93,106H,20-49H2,1-19H3,(H,81,99)(H,82,98)(H,83,96)(H,84,97)(H,85,100)/t55-,58+,59+,60+,61+,62+,63+,64+,65+,68+,69+/m1/s1. The monoisotopic (exact) mass is 1530 g/mol. The van der Waals surface area contributed by atoms with Crippen molar-refractivity contribution in [3.63, 3.8) is 0 Å². The van der Waals surface area contributed by atoms with Gasteiger partial charge in [0.05, 0.1) is 31.3 Å². The molecule has 2 heterocycles. The number of hydrogen-bond acceptors (Lipinski definition) is 16. The van der Waals surface area contributed by atoms with Gasteiger partial charge in [-0.1, -0.05) is 133 Å². The number of amides is 12. The predicted molar refractivity (Wildman–Crippen MR) is 414 cm³/mol. The molecule has 108 heavy (non-hydrogen) atoms. The van der Waals surface area contributed by atoms with Crippen LogP contribution in [0.15, 0.2) is 0 Å². The molecule has 0 aromatic heterocycles. The van der Waals surface area contributed by atoms with E-state index in [1.807, 2.05) is 55.4 Å². The normalized spacial score (nSPS) is 26.6. The van der Waals surface area contributed by atoms with Gasteiger partial charge in [0.1, 0.15) is 60.4 Å². The summed E-state index contributed by atoms with van der Waals surface area (Å²) in [6.45, 7) is 23.4. The van der Waals surface area contributed by atoms with Gasteiger partial charge in [-0.05, 0) is 133 Å². The number of aliphatic hydroxyl groups excluding tert-OH is 1. The summed E-state index contributed by atoms with van der Waals surface area (Å²) in [5, 5.41) is 36.7. The van der Waals surface area contributed by atoms with Crippen LogP contribution in [0, 0.1) is 41.4 Å². The molecule has 2 aliphatic carbocycles. The maximum absolute atomic E-state index is 15.6. The van der Waals surface area contributed by atoms with Gasteiger partial charge in [0.15, 0.2) is 0 Å². The molecule has 28 heteroatoms. The SMILES string of the molecule is CC(C)CCOC[C@@H]1NC(=O)[C@H](CC2CCCCC2)NC(=O)[C@H](CC2CCCCC2)N(C)C(=O)[C@H](COCCC(C)(C)O)NC(=O)[C@H](CC(C)C)N(C)C(=O)CCCN(C)C(=O)C[C@@H](C(=O)N2CCCCC2)NC(=O)[C@H](CC(C)C)N(C)C(=O)[C@H](CC(C)C)N(C)C(=O)[C@H]([C@@H](C)O)NC(=O)[C@H](C(C)C)N(C)C1=O. The number of carbonyl (C=O) groups is 12. The molecule has 2 saturated heterocycles. The fraction of sp³-hybridized carbons (Fsp3) is 0.850. The highest BCUT2D eigenvalue weighted by atomic mass is 16.5. The number of nitrogens with one attached hydrogen (secondary N) is 5. The molecule has 0 spiro atoms. The Morgan fingerprint density at radius 1 is 0.463 bits per heavy atom. The molecule has 0 bridgehead atoms. The second-order valence-electron chi connectivity index (χ2n) is 34.3. The summed E-state index contributed by atoms with van der Waals surface area (Å²) in [5.74, 6) is -9.06. The first-order valence-electron chi connectivity index (χ1n) is 40.6. The minimum atomic E-state index is -1.69. The molecular formula is C80H142N12O16. The number of hydrogen-bond donors (Lipinski definition) is 7. The Bertz CT molecular complexity index is 2910. The molecule has 618 valence electrons. The van der Waals surface area contributed by atoms with E-state index in [1.165, 1.54) is 68.8 Å². The van der Waals surface area contributed by atoms with Gasteiger partial charge >= 0.3 is 0 Å². The first kappa shape index (κ1) is 93.9. The fourth-order valence-corrected chi connectivity index (χ4v) is 15.2. The molecule has 4 rings (SSSR count). The maximum atomic E-state index is 15.6. The first-order valence-corrected chi connectivity index (χ1v) is 40.6. The van der Waals surface area contributed by atoms with Crippen molar-refractivity contribution < 1.29 is 77.2 Å². The number of aliphatic hydroxyl groups is 2. The summed E-state index contributed by atoms with van der Waals surface area (Å²) < 4.78 is 12.3.